The molecule has 112 valence electrons. The molecule has 0 aliphatic rings. The Morgan fingerprint density at radius 3 is 2.57 bits per heavy atom. The van der Waals surface area contributed by atoms with Crippen LogP contribution >= 0.6 is 39.1 Å². The summed E-state index contributed by atoms with van der Waals surface area (Å²) in [6, 6.07) is 12.3. The van der Waals surface area contributed by atoms with E-state index in [1.807, 2.05) is 24.3 Å². The zero-order valence-electron chi connectivity index (χ0n) is 12.1. The first-order valence-electron chi connectivity index (χ1n) is 6.94. The van der Waals surface area contributed by atoms with Crippen LogP contribution in [0.5, 0.6) is 0 Å². The number of hydrogen-bond acceptors (Lipinski definition) is 1. The molecule has 0 fully saturated rings. The molecule has 0 saturated carbocycles. The van der Waals surface area contributed by atoms with Gasteiger partial charge >= 0.3 is 0 Å². The topological polar surface area (TPSA) is 12.0 Å². The van der Waals surface area contributed by atoms with Gasteiger partial charge < -0.3 is 5.32 Å². The summed E-state index contributed by atoms with van der Waals surface area (Å²) >= 11 is 15.9. The molecule has 21 heavy (non-hydrogen) atoms. The summed E-state index contributed by atoms with van der Waals surface area (Å²) in [6.07, 6.45) is 0.834. The van der Waals surface area contributed by atoms with Gasteiger partial charge in [0.1, 0.15) is 0 Å². The number of halogens is 3. The van der Waals surface area contributed by atoms with Crippen LogP contribution in [0.2, 0.25) is 10.0 Å². The number of likely N-dealkylation sites (N-methyl/N-ethyl adjacent to an activating group) is 1. The van der Waals surface area contributed by atoms with Crippen molar-refractivity contribution in [3.63, 3.8) is 0 Å². The van der Waals surface area contributed by atoms with Gasteiger partial charge in [0.15, 0.2) is 0 Å². The maximum absolute atomic E-state index is 6.35. The monoisotopic (exact) mass is 385 g/mol. The van der Waals surface area contributed by atoms with Gasteiger partial charge in [-0.25, -0.2) is 0 Å². The summed E-state index contributed by atoms with van der Waals surface area (Å²) in [6.45, 7) is 5.11. The molecule has 1 nitrogen and oxygen atoms in total. The van der Waals surface area contributed by atoms with Crippen LogP contribution in [-0.2, 0) is 6.42 Å². The minimum absolute atomic E-state index is 0.201. The zero-order valence-corrected chi connectivity index (χ0v) is 15.2. The molecule has 1 unspecified atom stereocenters. The van der Waals surface area contributed by atoms with Crippen LogP contribution in [0.25, 0.3) is 0 Å². The van der Waals surface area contributed by atoms with Gasteiger partial charge in [-0.1, -0.05) is 58.2 Å². The van der Waals surface area contributed by atoms with Crippen molar-refractivity contribution >= 4 is 39.1 Å². The van der Waals surface area contributed by atoms with E-state index >= 15 is 0 Å². The highest BCUT2D eigenvalue weighted by molar-refractivity contribution is 9.10. The predicted octanol–water partition coefficient (Wildman–Crippen LogP) is 5.96. The Morgan fingerprint density at radius 2 is 1.90 bits per heavy atom. The van der Waals surface area contributed by atoms with E-state index < -0.39 is 0 Å². The maximum Gasteiger partial charge on any atom is 0.0449 e. The van der Waals surface area contributed by atoms with Crippen molar-refractivity contribution in [2.75, 3.05) is 6.54 Å². The molecule has 4 heteroatoms. The molecule has 0 saturated heterocycles. The van der Waals surface area contributed by atoms with E-state index in [-0.39, 0.29) is 6.04 Å². The standard InChI is InChI=1S/C17H18BrCl2N/c1-3-21-17(15-10-14(19)7-4-11(15)2)8-12-5-6-13(18)9-16(12)20/h4-7,9-10,17,21H,3,8H2,1-2H3. The van der Waals surface area contributed by atoms with Gasteiger partial charge in [0.25, 0.3) is 0 Å². The van der Waals surface area contributed by atoms with E-state index in [1.165, 1.54) is 11.1 Å². The van der Waals surface area contributed by atoms with Gasteiger partial charge in [-0.15, -0.1) is 0 Å². The fourth-order valence-electron chi connectivity index (χ4n) is 2.43. The van der Waals surface area contributed by atoms with E-state index in [2.05, 4.69) is 47.2 Å². The Bertz CT molecular complexity index is 628. The molecule has 0 amide bonds. The first kappa shape index (κ1) is 16.8. The summed E-state index contributed by atoms with van der Waals surface area (Å²) in [5.41, 5.74) is 3.59. The largest absolute Gasteiger partial charge is 0.310 e. The smallest absolute Gasteiger partial charge is 0.0449 e. The highest BCUT2D eigenvalue weighted by atomic mass is 79.9. The second kappa shape index (κ2) is 7.64. The molecular weight excluding hydrogens is 369 g/mol. The lowest BCUT2D eigenvalue weighted by Crippen LogP contribution is -2.23. The lowest BCUT2D eigenvalue weighted by molar-refractivity contribution is 0.547. The van der Waals surface area contributed by atoms with E-state index in [1.54, 1.807) is 0 Å². The maximum atomic E-state index is 6.35. The lowest BCUT2D eigenvalue weighted by atomic mass is 9.95. The van der Waals surface area contributed by atoms with Gasteiger partial charge in [-0.2, -0.15) is 0 Å². The van der Waals surface area contributed by atoms with Crippen molar-refractivity contribution in [1.29, 1.82) is 0 Å². The summed E-state index contributed by atoms with van der Waals surface area (Å²) in [4.78, 5) is 0. The number of nitrogens with one attached hydrogen (secondary N) is 1. The summed E-state index contributed by atoms with van der Waals surface area (Å²) < 4.78 is 0.996. The first-order valence-corrected chi connectivity index (χ1v) is 8.49. The Labute approximate surface area is 144 Å². The van der Waals surface area contributed by atoms with Crippen LogP contribution in [0.4, 0.5) is 0 Å². The second-order valence-electron chi connectivity index (χ2n) is 5.05. The van der Waals surface area contributed by atoms with Gasteiger partial charge in [-0.05, 0) is 60.8 Å². The Hall–Kier alpha value is -0.540. The highest BCUT2D eigenvalue weighted by Gasteiger charge is 2.15. The quantitative estimate of drug-likeness (QED) is 0.668. The molecule has 0 bridgehead atoms. The third-order valence-corrected chi connectivity index (χ3v) is 4.59. The van der Waals surface area contributed by atoms with Gasteiger partial charge in [0.2, 0.25) is 0 Å². The van der Waals surface area contributed by atoms with Crippen molar-refractivity contribution in [1.82, 2.24) is 5.32 Å². The molecule has 2 aromatic carbocycles. The van der Waals surface area contributed by atoms with Gasteiger partial charge in [0.05, 0.1) is 0 Å². The highest BCUT2D eigenvalue weighted by Crippen LogP contribution is 2.29. The normalized spacial score (nSPS) is 12.4. The van der Waals surface area contributed by atoms with Crippen molar-refractivity contribution in [2.24, 2.45) is 0 Å². The molecule has 1 atom stereocenters. The molecule has 2 rings (SSSR count). The number of benzene rings is 2. The van der Waals surface area contributed by atoms with E-state index in [0.29, 0.717) is 0 Å². The molecular formula is C17H18BrCl2N. The van der Waals surface area contributed by atoms with Crippen molar-refractivity contribution in [3.05, 3.63) is 67.6 Å². The van der Waals surface area contributed by atoms with Gasteiger partial charge in [0, 0.05) is 20.6 Å². The average molecular weight is 387 g/mol. The first-order chi connectivity index (χ1) is 10.0. The predicted molar refractivity (Wildman–Crippen MR) is 95.5 cm³/mol. The molecule has 0 aliphatic heterocycles. The van der Waals surface area contributed by atoms with Gasteiger partial charge in [-0.3, -0.25) is 0 Å². The fraction of sp³-hybridized carbons (Fsp3) is 0.294. The second-order valence-corrected chi connectivity index (χ2v) is 6.81. The van der Waals surface area contributed by atoms with Crippen LogP contribution in [0.3, 0.4) is 0 Å². The summed E-state index contributed by atoms with van der Waals surface area (Å²) in [7, 11) is 0. The van der Waals surface area contributed by atoms with E-state index in [9.17, 15) is 0 Å². The molecule has 0 heterocycles. The Morgan fingerprint density at radius 1 is 1.14 bits per heavy atom. The number of rotatable bonds is 5. The fourth-order valence-corrected chi connectivity index (χ4v) is 3.36. The summed E-state index contributed by atoms with van der Waals surface area (Å²) in [5.74, 6) is 0. The third-order valence-electron chi connectivity index (χ3n) is 3.51. The van der Waals surface area contributed by atoms with Crippen molar-refractivity contribution in [2.45, 2.75) is 26.3 Å². The molecule has 0 aromatic heterocycles. The van der Waals surface area contributed by atoms with Crippen molar-refractivity contribution < 1.29 is 0 Å². The van der Waals surface area contributed by atoms with Crippen LogP contribution in [0.15, 0.2) is 40.9 Å². The van der Waals surface area contributed by atoms with Crippen molar-refractivity contribution in [3.8, 4) is 0 Å². The summed E-state index contributed by atoms with van der Waals surface area (Å²) in [5, 5.41) is 5.08. The minimum Gasteiger partial charge on any atom is -0.310 e. The van der Waals surface area contributed by atoms with Crippen LogP contribution < -0.4 is 5.32 Å². The molecule has 1 N–H and O–H groups in total. The van der Waals surface area contributed by atoms with E-state index in [0.717, 1.165) is 33.0 Å². The number of hydrogen-bond donors (Lipinski definition) is 1. The Kier molecular flexibility index (Phi) is 6.12. The number of aryl methyl sites for hydroxylation is 1. The zero-order chi connectivity index (χ0) is 15.4. The van der Waals surface area contributed by atoms with Crippen LogP contribution in [0, 0.1) is 6.92 Å². The minimum atomic E-state index is 0.201. The molecule has 2 aromatic rings. The lowest BCUT2D eigenvalue weighted by Gasteiger charge is -2.21. The van der Waals surface area contributed by atoms with Crippen LogP contribution in [-0.4, -0.2) is 6.54 Å². The Balaban J connectivity index is 2.32. The SMILES string of the molecule is CCNC(Cc1ccc(Br)cc1Cl)c1cc(Cl)ccc1C. The average Bonchev–Trinajstić information content (AvgIpc) is 2.44. The molecule has 0 radical (unpaired) electrons. The van der Waals surface area contributed by atoms with E-state index in [4.69, 9.17) is 23.2 Å². The molecule has 0 aliphatic carbocycles. The van der Waals surface area contributed by atoms with Crippen LogP contribution in [0.1, 0.15) is 29.7 Å². The molecule has 0 spiro atoms. The third kappa shape index (κ3) is 4.46.